The van der Waals surface area contributed by atoms with Crippen LogP contribution < -0.4 is 23.8 Å². The molecule has 2 atom stereocenters. The summed E-state index contributed by atoms with van der Waals surface area (Å²) in [5.74, 6) is 1.77. The SMILES string of the molecule is COc1ccc(N(C)C(=O)OC2COc3c(cc(C)c4nc(-c5cc(C(C)O)cc6nc(OC)cnc56)sc34)O2)cn1. The fourth-order valence-corrected chi connectivity index (χ4v) is 5.68. The number of hydrogen-bond donors (Lipinski definition) is 1. The number of carbonyl (C=O) groups is 1. The van der Waals surface area contributed by atoms with Crippen molar-refractivity contribution in [1.82, 2.24) is 19.9 Å². The van der Waals surface area contributed by atoms with Gasteiger partial charge in [0.15, 0.2) is 18.1 Å². The lowest BCUT2D eigenvalue weighted by molar-refractivity contribution is -0.0718. The zero-order chi connectivity index (χ0) is 29.5. The number of fused-ring (bicyclic) bond motifs is 4. The first-order valence-electron chi connectivity index (χ1n) is 13.0. The van der Waals surface area contributed by atoms with Crippen molar-refractivity contribution in [2.24, 2.45) is 0 Å². The number of aliphatic hydroxyl groups excluding tert-OH is 1. The summed E-state index contributed by atoms with van der Waals surface area (Å²) in [6, 6.07) is 8.83. The molecular formula is C29H27N5O7S. The molecule has 4 heterocycles. The summed E-state index contributed by atoms with van der Waals surface area (Å²) in [5, 5.41) is 11.0. The molecule has 13 heteroatoms. The average Bonchev–Trinajstić information content (AvgIpc) is 3.46. The Morgan fingerprint density at radius 1 is 1.10 bits per heavy atom. The number of hydrogen-bond acceptors (Lipinski definition) is 12. The molecule has 1 aliphatic rings. The van der Waals surface area contributed by atoms with E-state index in [4.69, 9.17) is 28.7 Å². The van der Waals surface area contributed by atoms with Crippen molar-refractivity contribution in [2.45, 2.75) is 26.2 Å². The zero-order valence-electron chi connectivity index (χ0n) is 23.4. The smallest absolute Gasteiger partial charge is 0.417 e. The number of nitrogens with zero attached hydrogens (tertiary/aromatic N) is 5. The largest absolute Gasteiger partial charge is 0.481 e. The summed E-state index contributed by atoms with van der Waals surface area (Å²) in [7, 11) is 4.62. The fraction of sp³-hybridized carbons (Fsp3) is 0.276. The number of aryl methyl sites for hydroxylation is 1. The molecule has 3 aromatic heterocycles. The Labute approximate surface area is 244 Å². The number of aromatic nitrogens is 4. The van der Waals surface area contributed by atoms with Crippen molar-refractivity contribution in [3.63, 3.8) is 0 Å². The Balaban J connectivity index is 1.30. The van der Waals surface area contributed by atoms with E-state index in [-0.39, 0.29) is 6.61 Å². The molecule has 0 aliphatic carbocycles. The Morgan fingerprint density at radius 2 is 1.90 bits per heavy atom. The quantitative estimate of drug-likeness (QED) is 0.285. The number of benzene rings is 2. The van der Waals surface area contributed by atoms with Crippen LogP contribution in [0.3, 0.4) is 0 Å². The van der Waals surface area contributed by atoms with Crippen molar-refractivity contribution in [3.05, 3.63) is 53.9 Å². The molecule has 42 heavy (non-hydrogen) atoms. The van der Waals surface area contributed by atoms with Crippen LogP contribution in [0.1, 0.15) is 24.2 Å². The van der Waals surface area contributed by atoms with Crippen molar-refractivity contribution < 1.29 is 33.6 Å². The number of carbonyl (C=O) groups excluding carboxylic acids is 1. The van der Waals surface area contributed by atoms with E-state index in [1.807, 2.05) is 19.1 Å². The molecule has 1 amide bonds. The predicted octanol–water partition coefficient (Wildman–Crippen LogP) is 5.05. The Bertz CT molecular complexity index is 1810. The standard InChI is InChI=1S/C29H27N5O7S/c1-14-8-20-26(39-13-23(40-20)41-29(36)34(3)17-6-7-21(37-4)30-11-17)27-24(14)33-28(42-27)18-9-16(15(2)35)10-19-25(18)31-12-22(32-19)38-5/h6-12,15,23,35H,13H2,1-5H3. The molecule has 6 rings (SSSR count). The van der Waals surface area contributed by atoms with Crippen LogP contribution in [-0.4, -0.2) is 65.3 Å². The van der Waals surface area contributed by atoms with Gasteiger partial charge in [0.2, 0.25) is 11.8 Å². The summed E-state index contributed by atoms with van der Waals surface area (Å²) < 4.78 is 28.8. The van der Waals surface area contributed by atoms with Gasteiger partial charge in [0, 0.05) is 18.7 Å². The normalized spacial score (nSPS) is 15.0. The molecule has 0 fully saturated rings. The fourth-order valence-electron chi connectivity index (χ4n) is 4.53. The van der Waals surface area contributed by atoms with Crippen LogP contribution in [0.15, 0.2) is 42.7 Å². The van der Waals surface area contributed by atoms with Crippen LogP contribution in [-0.2, 0) is 4.74 Å². The molecule has 1 N–H and O–H groups in total. The van der Waals surface area contributed by atoms with E-state index in [9.17, 15) is 9.90 Å². The highest BCUT2D eigenvalue weighted by atomic mass is 32.1. The first-order chi connectivity index (χ1) is 20.2. The van der Waals surface area contributed by atoms with Gasteiger partial charge >= 0.3 is 6.09 Å². The van der Waals surface area contributed by atoms with E-state index >= 15 is 0 Å². The Kier molecular flexibility index (Phi) is 7.12. The zero-order valence-corrected chi connectivity index (χ0v) is 24.3. The predicted molar refractivity (Wildman–Crippen MR) is 156 cm³/mol. The van der Waals surface area contributed by atoms with Gasteiger partial charge in [-0.05, 0) is 49.2 Å². The van der Waals surface area contributed by atoms with Crippen LogP contribution in [0.25, 0.3) is 31.8 Å². The second-order valence-corrected chi connectivity index (χ2v) is 10.6. The average molecular weight is 590 g/mol. The van der Waals surface area contributed by atoms with E-state index in [1.54, 1.807) is 38.4 Å². The number of pyridine rings is 1. The second kappa shape index (κ2) is 10.9. The van der Waals surface area contributed by atoms with Gasteiger partial charge in [0.1, 0.15) is 9.71 Å². The van der Waals surface area contributed by atoms with E-state index in [2.05, 4.69) is 15.0 Å². The minimum absolute atomic E-state index is 0.00938. The number of aliphatic hydroxyl groups is 1. The third-order valence-corrected chi connectivity index (χ3v) is 7.88. The summed E-state index contributed by atoms with van der Waals surface area (Å²) >= 11 is 1.41. The van der Waals surface area contributed by atoms with E-state index in [0.29, 0.717) is 50.6 Å². The van der Waals surface area contributed by atoms with Gasteiger partial charge in [-0.3, -0.25) is 4.90 Å². The van der Waals surface area contributed by atoms with Crippen LogP contribution in [0.5, 0.6) is 23.3 Å². The number of rotatable bonds is 6. The first-order valence-corrected chi connectivity index (χ1v) is 13.8. The number of amides is 1. The molecule has 2 aromatic carbocycles. The number of thiazole rings is 1. The van der Waals surface area contributed by atoms with E-state index < -0.39 is 18.5 Å². The number of ether oxygens (including phenoxy) is 5. The molecular weight excluding hydrogens is 562 g/mol. The maximum absolute atomic E-state index is 12.8. The van der Waals surface area contributed by atoms with Gasteiger partial charge < -0.3 is 28.8 Å². The molecule has 0 spiro atoms. The highest BCUT2D eigenvalue weighted by molar-refractivity contribution is 7.22. The molecule has 216 valence electrons. The number of methoxy groups -OCH3 is 2. The van der Waals surface area contributed by atoms with Gasteiger partial charge in [-0.1, -0.05) is 0 Å². The summed E-state index contributed by atoms with van der Waals surface area (Å²) in [6.07, 6.45) is 0.757. The maximum atomic E-state index is 12.8. The van der Waals surface area contributed by atoms with Gasteiger partial charge in [-0.2, -0.15) is 0 Å². The summed E-state index contributed by atoms with van der Waals surface area (Å²) in [6.45, 7) is 3.60. The Hall–Kier alpha value is -4.75. The van der Waals surface area contributed by atoms with Gasteiger partial charge in [-0.25, -0.2) is 24.7 Å². The molecule has 0 saturated carbocycles. The van der Waals surface area contributed by atoms with Crippen molar-refractivity contribution >= 4 is 44.4 Å². The van der Waals surface area contributed by atoms with Crippen molar-refractivity contribution in [1.29, 1.82) is 0 Å². The molecule has 2 unspecified atom stereocenters. The lowest BCUT2D eigenvalue weighted by atomic mass is 10.0. The highest BCUT2D eigenvalue weighted by Crippen LogP contribution is 2.46. The number of anilines is 1. The van der Waals surface area contributed by atoms with Crippen molar-refractivity contribution in [2.75, 3.05) is 32.8 Å². The van der Waals surface area contributed by atoms with Gasteiger partial charge in [0.05, 0.1) is 55.0 Å². The third-order valence-electron chi connectivity index (χ3n) is 6.79. The molecule has 12 nitrogen and oxygen atoms in total. The minimum Gasteiger partial charge on any atom is -0.481 e. The van der Waals surface area contributed by atoms with Crippen LogP contribution in [0, 0.1) is 6.92 Å². The lowest BCUT2D eigenvalue weighted by Gasteiger charge is -2.28. The lowest BCUT2D eigenvalue weighted by Crippen LogP contribution is -2.38. The molecule has 0 saturated heterocycles. The minimum atomic E-state index is -0.958. The van der Waals surface area contributed by atoms with E-state index in [0.717, 1.165) is 21.3 Å². The van der Waals surface area contributed by atoms with Crippen LogP contribution >= 0.6 is 11.3 Å². The van der Waals surface area contributed by atoms with Gasteiger partial charge in [-0.15, -0.1) is 11.3 Å². The monoisotopic (exact) mass is 589 g/mol. The van der Waals surface area contributed by atoms with E-state index in [1.165, 1.54) is 36.7 Å². The van der Waals surface area contributed by atoms with Crippen LogP contribution in [0.4, 0.5) is 10.5 Å². The molecule has 0 bridgehead atoms. The Morgan fingerprint density at radius 3 is 2.62 bits per heavy atom. The third kappa shape index (κ3) is 4.97. The maximum Gasteiger partial charge on any atom is 0.417 e. The van der Waals surface area contributed by atoms with Gasteiger partial charge in [0.25, 0.3) is 6.29 Å². The highest BCUT2D eigenvalue weighted by Gasteiger charge is 2.30. The molecule has 5 aromatic rings. The second-order valence-electron chi connectivity index (χ2n) is 9.60. The summed E-state index contributed by atoms with van der Waals surface area (Å²) in [4.78, 5) is 32.2. The summed E-state index contributed by atoms with van der Waals surface area (Å²) in [5.41, 5.74) is 4.75. The first kappa shape index (κ1) is 27.4. The molecule has 0 radical (unpaired) electrons. The van der Waals surface area contributed by atoms with Crippen molar-refractivity contribution in [3.8, 4) is 33.8 Å². The van der Waals surface area contributed by atoms with Crippen LogP contribution in [0.2, 0.25) is 0 Å². The molecule has 1 aliphatic heterocycles. The topological polar surface area (TPSA) is 138 Å².